The molecule has 3 heterocycles. The second kappa shape index (κ2) is 11.6. The minimum atomic E-state index is -1.92. The molecular formula is C30H45N5O2Si. The molecule has 3 aromatic rings. The second-order valence-electron chi connectivity index (χ2n) is 11.6. The van der Waals surface area contributed by atoms with Gasteiger partial charge in [0.1, 0.15) is 19.9 Å². The lowest BCUT2D eigenvalue weighted by molar-refractivity contribution is -0.0367. The molecule has 8 heteroatoms. The average Bonchev–Trinajstić information content (AvgIpc) is 3.44. The molecule has 7 nitrogen and oxygen atoms in total. The summed E-state index contributed by atoms with van der Waals surface area (Å²) >= 11 is 0. The van der Waals surface area contributed by atoms with E-state index in [0.29, 0.717) is 29.0 Å². The van der Waals surface area contributed by atoms with Crippen molar-refractivity contribution in [3.8, 4) is 28.5 Å². The van der Waals surface area contributed by atoms with Gasteiger partial charge < -0.3 is 15.2 Å². The predicted octanol–water partition coefficient (Wildman–Crippen LogP) is 6.43. The van der Waals surface area contributed by atoms with Crippen LogP contribution in [0.1, 0.15) is 79.7 Å². The van der Waals surface area contributed by atoms with Crippen LogP contribution >= 0.6 is 0 Å². The number of nitrogens with zero attached hydrogens (tertiary/aromatic N) is 4. The number of aromatic nitrogens is 4. The van der Waals surface area contributed by atoms with E-state index in [4.69, 9.17) is 20.3 Å². The van der Waals surface area contributed by atoms with Crippen molar-refractivity contribution in [2.45, 2.75) is 96.7 Å². The lowest BCUT2D eigenvalue weighted by atomic mass is 10.1. The monoisotopic (exact) mass is 535 g/mol. The van der Waals surface area contributed by atoms with Crippen molar-refractivity contribution in [2.75, 3.05) is 13.2 Å². The van der Waals surface area contributed by atoms with Crippen LogP contribution in [-0.4, -0.2) is 46.9 Å². The molecule has 4 rings (SSSR count). The SMILES string of the molecule is CC(C)[Si](C#Cc1nn(C2CCCCO2)c2ccc(-c3cnn(C)c3O[C@@H](C)CN)cc12)(C(C)C)C(C)C. The van der Waals surface area contributed by atoms with Crippen molar-refractivity contribution in [3.05, 3.63) is 30.1 Å². The maximum absolute atomic E-state index is 6.15. The van der Waals surface area contributed by atoms with E-state index in [1.165, 1.54) is 0 Å². The Morgan fingerprint density at radius 3 is 2.42 bits per heavy atom. The highest BCUT2D eigenvalue weighted by Gasteiger charge is 2.41. The van der Waals surface area contributed by atoms with Gasteiger partial charge in [0.2, 0.25) is 5.88 Å². The van der Waals surface area contributed by atoms with Gasteiger partial charge in [0.05, 0.1) is 17.3 Å². The molecule has 2 aromatic heterocycles. The fourth-order valence-corrected chi connectivity index (χ4v) is 11.3. The van der Waals surface area contributed by atoms with Crippen LogP contribution in [0, 0.1) is 11.5 Å². The van der Waals surface area contributed by atoms with E-state index in [1.54, 1.807) is 4.68 Å². The standard InChI is InChI=1S/C30H45N5O2Si/c1-20(2)38(21(3)4,22(5)6)16-14-27-25-17-24(26-19-32-34(8)30(26)37-23(7)18-31)12-13-28(25)35(33-27)29-11-9-10-15-36-29/h12-13,17,19-23,29H,9-11,15,18,31H2,1-8H3/t23-,29?/m0/s1. The van der Waals surface area contributed by atoms with Gasteiger partial charge >= 0.3 is 0 Å². The zero-order valence-corrected chi connectivity index (χ0v) is 25.4. The first-order valence-corrected chi connectivity index (χ1v) is 16.4. The van der Waals surface area contributed by atoms with Gasteiger partial charge in [-0.1, -0.05) is 53.5 Å². The summed E-state index contributed by atoms with van der Waals surface area (Å²) in [6, 6.07) is 6.45. The molecule has 206 valence electrons. The number of rotatable bonds is 8. The Kier molecular flexibility index (Phi) is 8.71. The fraction of sp³-hybridized carbons (Fsp3) is 0.600. The van der Waals surface area contributed by atoms with Gasteiger partial charge in [-0.15, -0.1) is 5.54 Å². The van der Waals surface area contributed by atoms with Crippen LogP contribution in [0.2, 0.25) is 16.6 Å². The molecule has 2 atom stereocenters. The van der Waals surface area contributed by atoms with Gasteiger partial charge in [-0.3, -0.25) is 0 Å². The zero-order chi connectivity index (χ0) is 27.6. The number of fused-ring (bicyclic) bond motifs is 1. The summed E-state index contributed by atoms with van der Waals surface area (Å²) in [5.74, 6) is 4.34. The Labute approximate surface area is 229 Å². The van der Waals surface area contributed by atoms with Gasteiger partial charge in [-0.2, -0.15) is 10.2 Å². The molecule has 1 unspecified atom stereocenters. The Balaban J connectivity index is 1.89. The van der Waals surface area contributed by atoms with Gasteiger partial charge in [0, 0.05) is 25.6 Å². The molecule has 1 saturated heterocycles. The maximum Gasteiger partial charge on any atom is 0.219 e. The maximum atomic E-state index is 6.15. The largest absolute Gasteiger partial charge is 0.473 e. The number of aryl methyl sites for hydroxylation is 1. The highest BCUT2D eigenvalue weighted by atomic mass is 28.3. The third-order valence-corrected chi connectivity index (χ3v) is 14.5. The van der Waals surface area contributed by atoms with E-state index in [0.717, 1.165) is 53.6 Å². The predicted molar refractivity (Wildman–Crippen MR) is 158 cm³/mol. The summed E-state index contributed by atoms with van der Waals surface area (Å²) in [5, 5.41) is 10.6. The summed E-state index contributed by atoms with van der Waals surface area (Å²) in [7, 11) is -0.0278. The normalized spacial score (nSPS) is 17.3. The minimum Gasteiger partial charge on any atom is -0.473 e. The van der Waals surface area contributed by atoms with Gasteiger partial charge in [-0.05, 0) is 60.5 Å². The highest BCUT2D eigenvalue weighted by molar-refractivity contribution is 6.90. The summed E-state index contributed by atoms with van der Waals surface area (Å²) in [6.07, 6.45) is 4.90. The van der Waals surface area contributed by atoms with E-state index >= 15 is 0 Å². The van der Waals surface area contributed by atoms with Gasteiger partial charge in [0.15, 0.2) is 6.23 Å². The van der Waals surface area contributed by atoms with Crippen molar-refractivity contribution >= 4 is 19.0 Å². The number of hydrogen-bond donors (Lipinski definition) is 1. The quantitative estimate of drug-likeness (QED) is 0.265. The Bertz CT molecular complexity index is 1290. The number of nitrogens with two attached hydrogens (primary N) is 1. The van der Waals surface area contributed by atoms with Crippen molar-refractivity contribution in [1.82, 2.24) is 19.6 Å². The summed E-state index contributed by atoms with van der Waals surface area (Å²) in [5.41, 5.74) is 15.2. The van der Waals surface area contributed by atoms with E-state index in [9.17, 15) is 0 Å². The van der Waals surface area contributed by atoms with Crippen LogP contribution in [0.25, 0.3) is 22.0 Å². The van der Waals surface area contributed by atoms with Crippen LogP contribution < -0.4 is 10.5 Å². The molecule has 1 aliphatic heterocycles. The summed E-state index contributed by atoms with van der Waals surface area (Å²) < 4.78 is 16.1. The lowest BCUT2D eigenvalue weighted by Crippen LogP contribution is -2.43. The van der Waals surface area contributed by atoms with Crippen LogP contribution in [0.4, 0.5) is 0 Å². The molecule has 1 aromatic carbocycles. The summed E-state index contributed by atoms with van der Waals surface area (Å²) in [6.45, 7) is 17.2. The number of hydrogen-bond acceptors (Lipinski definition) is 5. The molecule has 38 heavy (non-hydrogen) atoms. The van der Waals surface area contributed by atoms with Crippen LogP contribution in [0.5, 0.6) is 5.88 Å². The molecule has 0 aliphatic carbocycles. The topological polar surface area (TPSA) is 80.1 Å². The smallest absolute Gasteiger partial charge is 0.219 e. The molecule has 0 bridgehead atoms. The molecule has 0 spiro atoms. The Morgan fingerprint density at radius 1 is 1.11 bits per heavy atom. The van der Waals surface area contributed by atoms with E-state index in [2.05, 4.69) is 81.0 Å². The highest BCUT2D eigenvalue weighted by Crippen LogP contribution is 2.41. The molecule has 0 radical (unpaired) electrons. The van der Waals surface area contributed by atoms with E-state index in [-0.39, 0.29) is 12.3 Å². The first-order valence-electron chi connectivity index (χ1n) is 14.2. The Morgan fingerprint density at radius 2 is 1.82 bits per heavy atom. The second-order valence-corrected chi connectivity index (χ2v) is 17.2. The molecular weight excluding hydrogens is 490 g/mol. The number of ether oxygens (including phenoxy) is 2. The van der Waals surface area contributed by atoms with Crippen molar-refractivity contribution in [3.63, 3.8) is 0 Å². The third-order valence-electron chi connectivity index (χ3n) is 8.24. The Hall–Kier alpha value is -2.60. The zero-order valence-electron chi connectivity index (χ0n) is 24.4. The van der Waals surface area contributed by atoms with E-state index < -0.39 is 8.07 Å². The first kappa shape index (κ1) is 28.4. The summed E-state index contributed by atoms with van der Waals surface area (Å²) in [4.78, 5) is 0. The molecule has 1 fully saturated rings. The van der Waals surface area contributed by atoms with Crippen LogP contribution in [0.15, 0.2) is 24.4 Å². The molecule has 0 amide bonds. The minimum absolute atomic E-state index is 0.0577. The number of benzene rings is 1. The average molecular weight is 536 g/mol. The van der Waals surface area contributed by atoms with Crippen molar-refractivity contribution < 1.29 is 9.47 Å². The lowest BCUT2D eigenvalue weighted by Gasteiger charge is -2.38. The molecule has 2 N–H and O–H groups in total. The van der Waals surface area contributed by atoms with Crippen LogP contribution in [-0.2, 0) is 11.8 Å². The third kappa shape index (κ3) is 5.29. The molecule has 0 saturated carbocycles. The van der Waals surface area contributed by atoms with Crippen molar-refractivity contribution in [1.29, 1.82) is 0 Å². The van der Waals surface area contributed by atoms with Crippen LogP contribution in [0.3, 0.4) is 0 Å². The first-order chi connectivity index (χ1) is 18.1. The van der Waals surface area contributed by atoms with Crippen molar-refractivity contribution in [2.24, 2.45) is 12.8 Å². The van der Waals surface area contributed by atoms with Gasteiger partial charge in [-0.25, -0.2) is 9.36 Å². The van der Waals surface area contributed by atoms with Gasteiger partial charge in [0.25, 0.3) is 0 Å². The molecule has 1 aliphatic rings. The van der Waals surface area contributed by atoms with E-state index in [1.807, 2.05) is 20.2 Å². The fourth-order valence-electron chi connectivity index (χ4n) is 6.14.